The van der Waals surface area contributed by atoms with E-state index in [-0.39, 0.29) is 37.6 Å². The minimum atomic E-state index is -4.77. The Morgan fingerprint density at radius 2 is 1.93 bits per heavy atom. The van der Waals surface area contributed by atoms with Crippen LogP contribution in [0, 0.1) is 5.82 Å². The van der Waals surface area contributed by atoms with E-state index in [9.17, 15) is 27.5 Å². The SMILES string of the molecule is O=C(O)NC1(CO)CCN(c2nc(Oc3cccc(F)c3)cc(C(F)(F)F)n2)CC1. The molecule has 0 atom stereocenters. The number of aliphatic hydroxyl groups excluding tert-OH is 1. The number of aliphatic hydroxyl groups is 1. The number of rotatable bonds is 5. The first-order valence-corrected chi connectivity index (χ1v) is 8.87. The third kappa shape index (κ3) is 5.06. The summed E-state index contributed by atoms with van der Waals surface area (Å²) in [6.07, 6.45) is -5.81. The van der Waals surface area contributed by atoms with E-state index in [4.69, 9.17) is 9.84 Å². The van der Waals surface area contributed by atoms with Crippen molar-refractivity contribution >= 4 is 12.0 Å². The van der Waals surface area contributed by atoms with Crippen molar-refractivity contribution in [2.75, 3.05) is 24.6 Å². The molecule has 0 unspecified atom stereocenters. The van der Waals surface area contributed by atoms with Gasteiger partial charge in [-0.1, -0.05) is 6.07 Å². The Kier molecular flexibility index (Phi) is 5.97. The summed E-state index contributed by atoms with van der Waals surface area (Å²) in [6, 6.07) is 5.48. The number of anilines is 1. The van der Waals surface area contributed by atoms with Crippen LogP contribution in [-0.4, -0.2) is 51.5 Å². The zero-order valence-corrected chi connectivity index (χ0v) is 15.5. The van der Waals surface area contributed by atoms with Crippen LogP contribution in [0.15, 0.2) is 30.3 Å². The molecule has 2 aromatic rings. The highest BCUT2D eigenvalue weighted by Crippen LogP contribution is 2.33. The number of hydrogen-bond donors (Lipinski definition) is 3. The predicted octanol–water partition coefficient (Wildman–Crippen LogP) is 3.03. The van der Waals surface area contributed by atoms with Gasteiger partial charge >= 0.3 is 12.3 Å². The lowest BCUT2D eigenvalue weighted by atomic mass is 9.88. The van der Waals surface area contributed by atoms with Gasteiger partial charge in [0.15, 0.2) is 5.69 Å². The van der Waals surface area contributed by atoms with Crippen LogP contribution in [0.3, 0.4) is 0 Å². The fourth-order valence-corrected chi connectivity index (χ4v) is 3.09. The average Bonchev–Trinajstić information content (AvgIpc) is 2.67. The zero-order valence-electron chi connectivity index (χ0n) is 15.5. The van der Waals surface area contributed by atoms with Gasteiger partial charge in [-0.2, -0.15) is 18.2 Å². The second-order valence-electron chi connectivity index (χ2n) is 6.80. The van der Waals surface area contributed by atoms with Crippen LogP contribution in [0.4, 0.5) is 28.3 Å². The summed E-state index contributed by atoms with van der Waals surface area (Å²) in [5, 5.41) is 20.8. The van der Waals surface area contributed by atoms with Crippen LogP contribution >= 0.6 is 0 Å². The molecule has 1 aromatic carbocycles. The van der Waals surface area contributed by atoms with Crippen molar-refractivity contribution in [2.24, 2.45) is 0 Å². The Morgan fingerprint density at radius 1 is 1.23 bits per heavy atom. The molecular weight excluding hydrogens is 412 g/mol. The molecule has 3 rings (SSSR count). The maximum absolute atomic E-state index is 13.3. The third-order valence-electron chi connectivity index (χ3n) is 4.68. The van der Waals surface area contributed by atoms with E-state index in [0.717, 1.165) is 12.1 Å². The highest BCUT2D eigenvalue weighted by molar-refractivity contribution is 5.65. The van der Waals surface area contributed by atoms with Gasteiger partial charge in [-0.3, -0.25) is 0 Å². The maximum Gasteiger partial charge on any atom is 0.433 e. The van der Waals surface area contributed by atoms with E-state index in [0.29, 0.717) is 6.07 Å². The Hall–Kier alpha value is -3.15. The van der Waals surface area contributed by atoms with Crippen molar-refractivity contribution < 1.29 is 37.3 Å². The van der Waals surface area contributed by atoms with Gasteiger partial charge in [0.2, 0.25) is 11.8 Å². The van der Waals surface area contributed by atoms with Gasteiger partial charge < -0.3 is 25.2 Å². The molecule has 8 nitrogen and oxygen atoms in total. The van der Waals surface area contributed by atoms with Crippen molar-refractivity contribution in [3.63, 3.8) is 0 Å². The smallest absolute Gasteiger partial charge is 0.433 e. The normalized spacial score (nSPS) is 16.2. The quantitative estimate of drug-likeness (QED) is 0.626. The summed E-state index contributed by atoms with van der Waals surface area (Å²) in [5.74, 6) is -1.34. The molecule has 12 heteroatoms. The van der Waals surface area contributed by atoms with E-state index in [2.05, 4.69) is 15.3 Å². The lowest BCUT2D eigenvalue weighted by molar-refractivity contribution is -0.141. The number of carbonyl (C=O) groups is 1. The number of hydrogen-bond acceptors (Lipinski definition) is 6. The van der Waals surface area contributed by atoms with Crippen LogP contribution in [0.2, 0.25) is 0 Å². The number of carboxylic acid groups (broad SMARTS) is 1. The Bertz CT molecular complexity index is 917. The van der Waals surface area contributed by atoms with E-state index < -0.39 is 41.8 Å². The van der Waals surface area contributed by atoms with E-state index >= 15 is 0 Å². The molecule has 1 fully saturated rings. The minimum Gasteiger partial charge on any atom is -0.465 e. The van der Waals surface area contributed by atoms with Gasteiger partial charge in [0.25, 0.3) is 0 Å². The van der Waals surface area contributed by atoms with Gasteiger partial charge in [-0.05, 0) is 25.0 Å². The first kappa shape index (κ1) is 21.6. The van der Waals surface area contributed by atoms with E-state index in [1.54, 1.807) is 0 Å². The van der Waals surface area contributed by atoms with E-state index in [1.165, 1.54) is 17.0 Å². The van der Waals surface area contributed by atoms with Crippen LogP contribution in [0.5, 0.6) is 11.6 Å². The summed E-state index contributed by atoms with van der Waals surface area (Å²) in [5.41, 5.74) is -2.33. The van der Waals surface area contributed by atoms with Crippen molar-refractivity contribution in [1.29, 1.82) is 0 Å². The van der Waals surface area contributed by atoms with Gasteiger partial charge in [0, 0.05) is 25.2 Å². The van der Waals surface area contributed by atoms with Crippen molar-refractivity contribution in [2.45, 2.75) is 24.6 Å². The number of halogens is 4. The predicted molar refractivity (Wildman–Crippen MR) is 95.9 cm³/mol. The monoisotopic (exact) mass is 430 g/mol. The number of alkyl halides is 3. The molecule has 162 valence electrons. The Morgan fingerprint density at radius 3 is 2.50 bits per heavy atom. The van der Waals surface area contributed by atoms with Crippen LogP contribution in [0.25, 0.3) is 0 Å². The van der Waals surface area contributed by atoms with Gasteiger partial charge in [-0.25, -0.2) is 14.2 Å². The number of aromatic nitrogens is 2. The highest BCUT2D eigenvalue weighted by atomic mass is 19.4. The summed E-state index contributed by atoms with van der Waals surface area (Å²) < 4.78 is 58.5. The van der Waals surface area contributed by atoms with Crippen LogP contribution in [0.1, 0.15) is 18.5 Å². The number of piperidine rings is 1. The Balaban J connectivity index is 1.86. The highest BCUT2D eigenvalue weighted by Gasteiger charge is 2.38. The second-order valence-corrected chi connectivity index (χ2v) is 6.80. The molecule has 1 saturated heterocycles. The lowest BCUT2D eigenvalue weighted by Gasteiger charge is -2.40. The number of amides is 1. The van der Waals surface area contributed by atoms with Gasteiger partial charge in [0.1, 0.15) is 11.6 Å². The van der Waals surface area contributed by atoms with Gasteiger partial charge in [0.05, 0.1) is 12.1 Å². The standard InChI is InChI=1S/C18H18F4N4O4/c19-11-2-1-3-12(8-11)30-14-9-13(18(20,21)22)23-15(24-14)26-6-4-17(10-27,5-7-26)25-16(28)29/h1-3,8-9,25,27H,4-7,10H2,(H,28,29). The topological polar surface area (TPSA) is 108 Å². The van der Waals surface area contributed by atoms with E-state index in [1.807, 2.05) is 0 Å². The Labute approximate surface area is 168 Å². The number of benzene rings is 1. The molecule has 0 aliphatic carbocycles. The molecule has 3 N–H and O–H groups in total. The first-order chi connectivity index (χ1) is 14.1. The van der Waals surface area contributed by atoms with Gasteiger partial charge in [-0.15, -0.1) is 0 Å². The molecule has 1 amide bonds. The molecule has 0 radical (unpaired) electrons. The number of nitrogens with zero attached hydrogens (tertiary/aromatic N) is 3. The fourth-order valence-electron chi connectivity index (χ4n) is 3.09. The molecule has 0 spiro atoms. The molecular formula is C18H18F4N4O4. The number of ether oxygens (including phenoxy) is 1. The lowest BCUT2D eigenvalue weighted by Crippen LogP contribution is -2.57. The molecule has 0 saturated carbocycles. The molecule has 1 aliphatic heterocycles. The zero-order chi connectivity index (χ0) is 21.9. The summed E-state index contributed by atoms with van der Waals surface area (Å²) in [4.78, 5) is 19.9. The minimum absolute atomic E-state index is 0.0311. The summed E-state index contributed by atoms with van der Waals surface area (Å²) in [6.45, 7) is -0.256. The van der Waals surface area contributed by atoms with Crippen molar-refractivity contribution in [3.05, 3.63) is 41.8 Å². The molecule has 30 heavy (non-hydrogen) atoms. The largest absolute Gasteiger partial charge is 0.465 e. The maximum atomic E-state index is 13.3. The van der Waals surface area contributed by atoms with Crippen LogP contribution in [-0.2, 0) is 6.18 Å². The third-order valence-corrected chi connectivity index (χ3v) is 4.68. The van der Waals surface area contributed by atoms with Crippen LogP contribution < -0.4 is 15.0 Å². The molecule has 1 aromatic heterocycles. The molecule has 2 heterocycles. The molecule has 0 bridgehead atoms. The van der Waals surface area contributed by atoms with Crippen molar-refractivity contribution in [1.82, 2.24) is 15.3 Å². The number of nitrogens with one attached hydrogen (secondary N) is 1. The second kappa shape index (κ2) is 8.30. The summed E-state index contributed by atoms with van der Waals surface area (Å²) >= 11 is 0. The first-order valence-electron chi connectivity index (χ1n) is 8.87. The molecule has 1 aliphatic rings. The fraction of sp³-hybridized carbons (Fsp3) is 0.389. The average molecular weight is 430 g/mol. The van der Waals surface area contributed by atoms with Crippen molar-refractivity contribution in [3.8, 4) is 11.6 Å². The summed E-state index contributed by atoms with van der Waals surface area (Å²) in [7, 11) is 0.